The zero-order valence-electron chi connectivity index (χ0n) is 12.5. The highest BCUT2D eigenvalue weighted by Gasteiger charge is 2.41. The summed E-state index contributed by atoms with van der Waals surface area (Å²) in [7, 11) is 0. The van der Waals surface area contributed by atoms with Crippen LogP contribution in [0.3, 0.4) is 0 Å². The molecule has 0 saturated carbocycles. The Morgan fingerprint density at radius 3 is 2.60 bits per heavy atom. The summed E-state index contributed by atoms with van der Waals surface area (Å²) in [6, 6.07) is 4.21. The van der Waals surface area contributed by atoms with Crippen LogP contribution in [-0.2, 0) is 4.79 Å². The lowest BCUT2D eigenvalue weighted by molar-refractivity contribution is -0.153. The molecule has 1 fully saturated rings. The summed E-state index contributed by atoms with van der Waals surface area (Å²) >= 11 is 0. The van der Waals surface area contributed by atoms with Crippen molar-refractivity contribution in [1.29, 1.82) is 0 Å². The molecule has 4 heteroatoms. The van der Waals surface area contributed by atoms with E-state index in [0.717, 1.165) is 51.0 Å². The lowest BCUT2D eigenvalue weighted by atomic mass is 9.74. The molecule has 1 aromatic rings. The highest BCUT2D eigenvalue weighted by molar-refractivity contribution is 5.74. The van der Waals surface area contributed by atoms with E-state index in [-0.39, 0.29) is 6.04 Å². The Balaban J connectivity index is 2.04. The van der Waals surface area contributed by atoms with Crippen molar-refractivity contribution >= 4 is 5.97 Å². The van der Waals surface area contributed by atoms with Crippen molar-refractivity contribution in [2.45, 2.75) is 52.0 Å². The third kappa shape index (κ3) is 2.90. The van der Waals surface area contributed by atoms with Crippen LogP contribution >= 0.6 is 0 Å². The van der Waals surface area contributed by atoms with Gasteiger partial charge in [-0.25, -0.2) is 0 Å². The van der Waals surface area contributed by atoms with Gasteiger partial charge in [-0.15, -0.1) is 0 Å². The summed E-state index contributed by atoms with van der Waals surface area (Å²) < 4.78 is 5.53. The number of carboxylic acids is 1. The summed E-state index contributed by atoms with van der Waals surface area (Å²) in [4.78, 5) is 14.0. The Morgan fingerprint density at radius 2 is 2.15 bits per heavy atom. The average molecular weight is 279 g/mol. The van der Waals surface area contributed by atoms with Crippen LogP contribution in [0.1, 0.15) is 57.8 Å². The Hall–Kier alpha value is -1.29. The first-order chi connectivity index (χ1) is 9.63. The first-order valence-corrected chi connectivity index (χ1v) is 7.64. The van der Waals surface area contributed by atoms with E-state index < -0.39 is 11.4 Å². The van der Waals surface area contributed by atoms with Crippen molar-refractivity contribution in [3.8, 4) is 0 Å². The SMILES string of the molecule is CCCC1(C(=O)O)CCN(C(CC)c2ccco2)CC1. The summed E-state index contributed by atoms with van der Waals surface area (Å²) in [6.07, 6.45) is 5.90. The van der Waals surface area contributed by atoms with E-state index in [9.17, 15) is 9.90 Å². The summed E-state index contributed by atoms with van der Waals surface area (Å²) in [5, 5.41) is 9.55. The van der Waals surface area contributed by atoms with E-state index in [1.807, 2.05) is 12.1 Å². The maximum Gasteiger partial charge on any atom is 0.309 e. The van der Waals surface area contributed by atoms with E-state index in [0.29, 0.717) is 0 Å². The first kappa shape index (κ1) is 15.1. The fourth-order valence-electron chi connectivity index (χ4n) is 3.43. The van der Waals surface area contributed by atoms with Gasteiger partial charge in [0.1, 0.15) is 5.76 Å². The van der Waals surface area contributed by atoms with Crippen LogP contribution < -0.4 is 0 Å². The van der Waals surface area contributed by atoms with Gasteiger partial charge in [-0.1, -0.05) is 20.3 Å². The second kappa shape index (κ2) is 6.44. The van der Waals surface area contributed by atoms with Gasteiger partial charge in [0.25, 0.3) is 0 Å². The molecule has 1 unspecified atom stereocenters. The van der Waals surface area contributed by atoms with Crippen LogP contribution in [0, 0.1) is 5.41 Å². The average Bonchev–Trinajstić information content (AvgIpc) is 2.95. The number of furan rings is 1. The number of carboxylic acid groups (broad SMARTS) is 1. The van der Waals surface area contributed by atoms with Crippen molar-refractivity contribution < 1.29 is 14.3 Å². The quantitative estimate of drug-likeness (QED) is 0.862. The first-order valence-electron chi connectivity index (χ1n) is 7.64. The van der Waals surface area contributed by atoms with Gasteiger partial charge in [0.15, 0.2) is 0 Å². The lowest BCUT2D eigenvalue weighted by Crippen LogP contribution is -2.45. The standard InChI is InChI=1S/C16H25NO3/c1-3-7-16(15(18)19)8-10-17(11-9-16)13(4-2)14-6-5-12-20-14/h5-6,12-13H,3-4,7-11H2,1-2H3,(H,18,19). The number of hydrogen-bond acceptors (Lipinski definition) is 3. The summed E-state index contributed by atoms with van der Waals surface area (Å²) in [6.45, 7) is 5.89. The Morgan fingerprint density at radius 1 is 1.45 bits per heavy atom. The van der Waals surface area contributed by atoms with Gasteiger partial charge < -0.3 is 9.52 Å². The van der Waals surface area contributed by atoms with Gasteiger partial charge in [0.2, 0.25) is 0 Å². The van der Waals surface area contributed by atoms with Crippen molar-refractivity contribution in [3.63, 3.8) is 0 Å². The molecule has 20 heavy (non-hydrogen) atoms. The maximum absolute atomic E-state index is 11.6. The zero-order chi connectivity index (χ0) is 14.6. The number of carbonyl (C=O) groups is 1. The lowest BCUT2D eigenvalue weighted by Gasteiger charge is -2.41. The van der Waals surface area contributed by atoms with E-state index >= 15 is 0 Å². The highest BCUT2D eigenvalue weighted by atomic mass is 16.4. The molecule has 1 aliphatic heterocycles. The van der Waals surface area contributed by atoms with Crippen molar-refractivity contribution in [2.24, 2.45) is 5.41 Å². The van der Waals surface area contributed by atoms with Crippen molar-refractivity contribution in [3.05, 3.63) is 24.2 Å². The molecule has 0 spiro atoms. The smallest absolute Gasteiger partial charge is 0.309 e. The monoisotopic (exact) mass is 279 g/mol. The molecular weight excluding hydrogens is 254 g/mol. The molecule has 1 N–H and O–H groups in total. The molecule has 2 rings (SSSR count). The van der Waals surface area contributed by atoms with E-state index in [1.54, 1.807) is 6.26 Å². The normalized spacial score (nSPS) is 20.7. The predicted molar refractivity (Wildman–Crippen MR) is 77.5 cm³/mol. The van der Waals surface area contributed by atoms with Gasteiger partial charge in [-0.05, 0) is 50.9 Å². The maximum atomic E-state index is 11.6. The van der Waals surface area contributed by atoms with Crippen LogP contribution in [0.5, 0.6) is 0 Å². The molecule has 1 aromatic heterocycles. The molecule has 0 aromatic carbocycles. The van der Waals surface area contributed by atoms with Crippen molar-refractivity contribution in [1.82, 2.24) is 4.90 Å². The number of aliphatic carboxylic acids is 1. The van der Waals surface area contributed by atoms with Gasteiger partial charge in [-0.3, -0.25) is 9.69 Å². The largest absolute Gasteiger partial charge is 0.481 e. The molecule has 2 heterocycles. The van der Waals surface area contributed by atoms with Crippen LogP contribution in [0.25, 0.3) is 0 Å². The fourth-order valence-corrected chi connectivity index (χ4v) is 3.43. The zero-order valence-corrected chi connectivity index (χ0v) is 12.5. The molecule has 1 atom stereocenters. The van der Waals surface area contributed by atoms with Gasteiger partial charge in [-0.2, -0.15) is 0 Å². The summed E-state index contributed by atoms with van der Waals surface area (Å²) in [5.41, 5.74) is -0.507. The van der Waals surface area contributed by atoms with E-state index in [2.05, 4.69) is 18.7 Å². The second-order valence-electron chi connectivity index (χ2n) is 5.81. The Bertz CT molecular complexity index is 419. The second-order valence-corrected chi connectivity index (χ2v) is 5.81. The molecule has 1 saturated heterocycles. The number of piperidine rings is 1. The molecular formula is C16H25NO3. The Labute approximate surface area is 120 Å². The number of hydrogen-bond donors (Lipinski definition) is 1. The molecule has 4 nitrogen and oxygen atoms in total. The third-order valence-electron chi connectivity index (χ3n) is 4.64. The minimum atomic E-state index is -0.620. The van der Waals surface area contributed by atoms with Gasteiger partial charge in [0.05, 0.1) is 17.7 Å². The molecule has 0 bridgehead atoms. The van der Waals surface area contributed by atoms with Crippen LogP contribution in [-0.4, -0.2) is 29.1 Å². The molecule has 0 radical (unpaired) electrons. The number of rotatable bonds is 6. The summed E-state index contributed by atoms with van der Waals surface area (Å²) in [5.74, 6) is 0.371. The fraction of sp³-hybridized carbons (Fsp3) is 0.688. The third-order valence-corrected chi connectivity index (χ3v) is 4.64. The number of nitrogens with zero attached hydrogens (tertiary/aromatic N) is 1. The highest BCUT2D eigenvalue weighted by Crippen LogP contribution is 2.39. The molecule has 112 valence electrons. The van der Waals surface area contributed by atoms with Crippen LogP contribution in [0.4, 0.5) is 0 Å². The minimum Gasteiger partial charge on any atom is -0.481 e. The van der Waals surface area contributed by atoms with Gasteiger partial charge in [0, 0.05) is 0 Å². The van der Waals surface area contributed by atoms with Crippen LogP contribution in [0.15, 0.2) is 22.8 Å². The molecule has 1 aliphatic rings. The Kier molecular flexibility index (Phi) is 4.86. The van der Waals surface area contributed by atoms with Gasteiger partial charge >= 0.3 is 5.97 Å². The molecule has 0 aliphatic carbocycles. The minimum absolute atomic E-state index is 0.276. The number of likely N-dealkylation sites (tertiary alicyclic amines) is 1. The topological polar surface area (TPSA) is 53.7 Å². The van der Waals surface area contributed by atoms with E-state index in [4.69, 9.17) is 4.42 Å². The molecule has 0 amide bonds. The predicted octanol–water partition coefficient (Wildman–Crippen LogP) is 3.70. The van der Waals surface area contributed by atoms with Crippen LogP contribution in [0.2, 0.25) is 0 Å². The van der Waals surface area contributed by atoms with Crippen molar-refractivity contribution in [2.75, 3.05) is 13.1 Å². The van der Waals surface area contributed by atoms with E-state index in [1.165, 1.54) is 0 Å².